The van der Waals surface area contributed by atoms with Crippen molar-refractivity contribution in [2.75, 3.05) is 20.2 Å². The molecule has 0 bridgehead atoms. The number of rotatable bonds is 3. The molecule has 0 aromatic carbocycles. The minimum atomic E-state index is -0.833. The number of likely N-dealkylation sites (tertiary alicyclic amines) is 1. The van der Waals surface area contributed by atoms with Crippen LogP contribution in [0.3, 0.4) is 0 Å². The minimum Gasteiger partial charge on any atom is -0.481 e. The zero-order valence-corrected chi connectivity index (χ0v) is 11.0. The molecule has 1 N–H and O–H groups in total. The molecule has 18 heavy (non-hydrogen) atoms. The Morgan fingerprint density at radius 3 is 2.50 bits per heavy atom. The molecule has 1 saturated carbocycles. The van der Waals surface area contributed by atoms with Gasteiger partial charge in [0, 0.05) is 20.2 Å². The first-order chi connectivity index (χ1) is 8.52. The van der Waals surface area contributed by atoms with Crippen LogP contribution in [0.4, 0.5) is 0 Å². The van der Waals surface area contributed by atoms with Crippen molar-refractivity contribution in [1.29, 1.82) is 0 Å². The van der Waals surface area contributed by atoms with Gasteiger partial charge in [-0.3, -0.25) is 9.59 Å². The molecular weight excluding hydrogens is 234 g/mol. The summed E-state index contributed by atoms with van der Waals surface area (Å²) in [6.45, 7) is 3.31. The normalized spacial score (nSPS) is 36.0. The molecule has 102 valence electrons. The van der Waals surface area contributed by atoms with Crippen molar-refractivity contribution in [2.24, 2.45) is 17.8 Å². The van der Waals surface area contributed by atoms with E-state index in [1.807, 2.05) is 6.92 Å². The standard InChI is InChI=1S/C13H21NO4/c1-8-5-10(11(6-8)13(16)17)12(15)14-4-3-9(7-14)18-2/h8-11H,3-7H2,1-2H3,(H,16,17). The maximum atomic E-state index is 12.4. The summed E-state index contributed by atoms with van der Waals surface area (Å²) in [6.07, 6.45) is 2.27. The number of carbonyl (C=O) groups is 2. The van der Waals surface area contributed by atoms with Crippen molar-refractivity contribution in [3.05, 3.63) is 0 Å². The third kappa shape index (κ3) is 2.51. The molecule has 1 saturated heterocycles. The Bertz CT molecular complexity index is 344. The van der Waals surface area contributed by atoms with Crippen molar-refractivity contribution < 1.29 is 19.4 Å². The topological polar surface area (TPSA) is 66.8 Å². The van der Waals surface area contributed by atoms with Crippen LogP contribution < -0.4 is 0 Å². The van der Waals surface area contributed by atoms with Crippen LogP contribution in [0.2, 0.25) is 0 Å². The molecule has 1 heterocycles. The molecule has 1 aliphatic heterocycles. The average molecular weight is 255 g/mol. The fraction of sp³-hybridized carbons (Fsp3) is 0.846. The maximum Gasteiger partial charge on any atom is 0.307 e. The lowest BCUT2D eigenvalue weighted by Crippen LogP contribution is -2.38. The van der Waals surface area contributed by atoms with Gasteiger partial charge in [-0.1, -0.05) is 6.92 Å². The van der Waals surface area contributed by atoms with Gasteiger partial charge in [0.1, 0.15) is 0 Å². The molecule has 4 atom stereocenters. The monoisotopic (exact) mass is 255 g/mol. The first-order valence-corrected chi connectivity index (χ1v) is 6.57. The summed E-state index contributed by atoms with van der Waals surface area (Å²) in [5, 5.41) is 9.20. The van der Waals surface area contributed by atoms with Gasteiger partial charge in [-0.15, -0.1) is 0 Å². The van der Waals surface area contributed by atoms with Gasteiger partial charge >= 0.3 is 5.97 Å². The number of nitrogens with zero attached hydrogens (tertiary/aromatic N) is 1. The lowest BCUT2D eigenvalue weighted by atomic mass is 9.95. The fourth-order valence-electron chi connectivity index (χ4n) is 3.19. The molecule has 1 aliphatic carbocycles. The molecule has 0 aromatic rings. The van der Waals surface area contributed by atoms with Crippen LogP contribution in [0.25, 0.3) is 0 Å². The summed E-state index contributed by atoms with van der Waals surface area (Å²) in [4.78, 5) is 25.3. The summed E-state index contributed by atoms with van der Waals surface area (Å²) >= 11 is 0. The van der Waals surface area contributed by atoms with Crippen LogP contribution in [0.5, 0.6) is 0 Å². The number of hydrogen-bond donors (Lipinski definition) is 1. The van der Waals surface area contributed by atoms with E-state index in [2.05, 4.69) is 0 Å². The Labute approximate surface area is 107 Å². The van der Waals surface area contributed by atoms with Crippen LogP contribution in [0, 0.1) is 17.8 Å². The lowest BCUT2D eigenvalue weighted by molar-refractivity contribution is -0.148. The number of hydrogen-bond acceptors (Lipinski definition) is 3. The second kappa shape index (κ2) is 5.26. The smallest absolute Gasteiger partial charge is 0.307 e. The highest BCUT2D eigenvalue weighted by molar-refractivity contribution is 5.85. The van der Waals surface area contributed by atoms with Crippen LogP contribution in [-0.2, 0) is 14.3 Å². The molecular formula is C13H21NO4. The van der Waals surface area contributed by atoms with E-state index in [1.165, 1.54) is 0 Å². The van der Waals surface area contributed by atoms with E-state index in [1.54, 1.807) is 12.0 Å². The molecule has 4 unspecified atom stereocenters. The van der Waals surface area contributed by atoms with Gasteiger partial charge in [-0.05, 0) is 25.2 Å². The largest absolute Gasteiger partial charge is 0.481 e. The van der Waals surface area contributed by atoms with Crippen LogP contribution in [-0.4, -0.2) is 48.2 Å². The Morgan fingerprint density at radius 1 is 1.28 bits per heavy atom. The van der Waals surface area contributed by atoms with Crippen molar-refractivity contribution >= 4 is 11.9 Å². The molecule has 5 nitrogen and oxygen atoms in total. The van der Waals surface area contributed by atoms with Gasteiger partial charge in [0.05, 0.1) is 17.9 Å². The number of carbonyl (C=O) groups excluding carboxylic acids is 1. The van der Waals surface area contributed by atoms with E-state index in [0.717, 1.165) is 6.42 Å². The van der Waals surface area contributed by atoms with E-state index in [4.69, 9.17) is 4.74 Å². The molecule has 0 aromatic heterocycles. The summed E-state index contributed by atoms with van der Waals surface area (Å²) in [7, 11) is 1.65. The van der Waals surface area contributed by atoms with Gasteiger partial charge < -0.3 is 14.7 Å². The first kappa shape index (κ1) is 13.3. The Morgan fingerprint density at radius 2 is 1.94 bits per heavy atom. The second-order valence-electron chi connectivity index (χ2n) is 5.56. The SMILES string of the molecule is COC1CCN(C(=O)C2CC(C)CC2C(=O)O)C1. The van der Waals surface area contributed by atoms with Crippen LogP contribution >= 0.6 is 0 Å². The molecule has 1 amide bonds. The Kier molecular flexibility index (Phi) is 3.90. The Hall–Kier alpha value is -1.10. The molecule has 0 radical (unpaired) electrons. The first-order valence-electron chi connectivity index (χ1n) is 6.57. The highest BCUT2D eigenvalue weighted by Crippen LogP contribution is 2.38. The number of amides is 1. The van der Waals surface area contributed by atoms with Crippen LogP contribution in [0.15, 0.2) is 0 Å². The number of carboxylic acids is 1. The van der Waals surface area contributed by atoms with E-state index >= 15 is 0 Å². The van der Waals surface area contributed by atoms with Gasteiger partial charge in [0.2, 0.25) is 5.91 Å². The fourth-order valence-corrected chi connectivity index (χ4v) is 3.19. The van der Waals surface area contributed by atoms with Crippen molar-refractivity contribution in [1.82, 2.24) is 4.90 Å². The van der Waals surface area contributed by atoms with Gasteiger partial charge in [0.15, 0.2) is 0 Å². The third-order valence-corrected chi connectivity index (χ3v) is 4.22. The van der Waals surface area contributed by atoms with Crippen molar-refractivity contribution in [2.45, 2.75) is 32.3 Å². The zero-order chi connectivity index (χ0) is 13.3. The second-order valence-corrected chi connectivity index (χ2v) is 5.56. The lowest BCUT2D eigenvalue weighted by Gasteiger charge is -2.23. The Balaban J connectivity index is 2.02. The van der Waals surface area contributed by atoms with Gasteiger partial charge in [-0.2, -0.15) is 0 Å². The minimum absolute atomic E-state index is 0.00583. The van der Waals surface area contributed by atoms with E-state index in [9.17, 15) is 14.7 Å². The number of aliphatic carboxylic acids is 1. The maximum absolute atomic E-state index is 12.4. The summed E-state index contributed by atoms with van der Waals surface area (Å²) in [5.74, 6) is -1.35. The number of ether oxygens (including phenoxy) is 1. The summed E-state index contributed by atoms with van der Waals surface area (Å²) in [6, 6.07) is 0. The molecule has 2 fully saturated rings. The molecule has 2 aliphatic rings. The predicted molar refractivity (Wildman–Crippen MR) is 65.0 cm³/mol. The summed E-state index contributed by atoms with van der Waals surface area (Å²) in [5.41, 5.74) is 0. The molecule has 5 heteroatoms. The third-order valence-electron chi connectivity index (χ3n) is 4.22. The number of carboxylic acid groups (broad SMARTS) is 1. The van der Waals surface area contributed by atoms with Gasteiger partial charge in [-0.25, -0.2) is 0 Å². The highest BCUT2D eigenvalue weighted by atomic mass is 16.5. The van der Waals surface area contributed by atoms with E-state index in [-0.39, 0.29) is 17.9 Å². The quantitative estimate of drug-likeness (QED) is 0.816. The summed E-state index contributed by atoms with van der Waals surface area (Å²) < 4.78 is 5.24. The predicted octanol–water partition coefficient (Wildman–Crippen LogP) is 0.981. The van der Waals surface area contributed by atoms with Crippen LogP contribution in [0.1, 0.15) is 26.2 Å². The molecule has 0 spiro atoms. The zero-order valence-electron chi connectivity index (χ0n) is 11.0. The number of methoxy groups -OCH3 is 1. The van der Waals surface area contributed by atoms with Crippen molar-refractivity contribution in [3.63, 3.8) is 0 Å². The van der Waals surface area contributed by atoms with Crippen molar-refractivity contribution in [3.8, 4) is 0 Å². The van der Waals surface area contributed by atoms with E-state index in [0.29, 0.717) is 31.8 Å². The molecule has 2 rings (SSSR count). The average Bonchev–Trinajstić information content (AvgIpc) is 2.94. The highest BCUT2D eigenvalue weighted by Gasteiger charge is 2.43. The van der Waals surface area contributed by atoms with E-state index < -0.39 is 11.9 Å². The van der Waals surface area contributed by atoms with Gasteiger partial charge in [0.25, 0.3) is 0 Å².